The molecule has 1 aliphatic heterocycles. The summed E-state index contributed by atoms with van der Waals surface area (Å²) in [7, 11) is -2.04. The van der Waals surface area contributed by atoms with Crippen LogP contribution in [0.2, 0.25) is 0 Å². The van der Waals surface area contributed by atoms with Gasteiger partial charge in [-0.2, -0.15) is 0 Å². The monoisotopic (exact) mass is 434 g/mol. The van der Waals surface area contributed by atoms with Crippen LogP contribution in [0.3, 0.4) is 0 Å². The molecule has 0 spiro atoms. The van der Waals surface area contributed by atoms with Gasteiger partial charge in [0.2, 0.25) is 10.0 Å². The van der Waals surface area contributed by atoms with Crippen molar-refractivity contribution < 1.29 is 22.6 Å². The van der Waals surface area contributed by atoms with Gasteiger partial charge >= 0.3 is 0 Å². The van der Waals surface area contributed by atoms with Crippen molar-refractivity contribution in [3.05, 3.63) is 59.7 Å². The second kappa shape index (κ2) is 10.9. The zero-order chi connectivity index (χ0) is 21.4. The van der Waals surface area contributed by atoms with Crippen LogP contribution in [0.1, 0.15) is 17.2 Å². The van der Waals surface area contributed by atoms with Gasteiger partial charge in [-0.3, -0.25) is 4.90 Å². The van der Waals surface area contributed by atoms with Crippen molar-refractivity contribution in [2.45, 2.75) is 17.9 Å². The van der Waals surface area contributed by atoms with Gasteiger partial charge < -0.3 is 14.2 Å². The average Bonchev–Trinajstić information content (AvgIpc) is 2.75. The fourth-order valence-electron chi connectivity index (χ4n) is 3.45. The van der Waals surface area contributed by atoms with Crippen LogP contribution < -0.4 is 9.46 Å². The molecular formula is C22H30N2O5S. The van der Waals surface area contributed by atoms with E-state index in [1.54, 1.807) is 31.4 Å². The molecule has 0 radical (unpaired) electrons. The Morgan fingerprint density at radius 1 is 1.10 bits per heavy atom. The number of hydrogen-bond acceptors (Lipinski definition) is 6. The second-order valence-electron chi connectivity index (χ2n) is 7.24. The maximum Gasteiger partial charge on any atom is 0.240 e. The van der Waals surface area contributed by atoms with Crippen LogP contribution in [0.4, 0.5) is 0 Å². The molecule has 3 rings (SSSR count). The molecule has 1 atom stereocenters. The Kier molecular flexibility index (Phi) is 8.24. The third-order valence-electron chi connectivity index (χ3n) is 5.07. The topological polar surface area (TPSA) is 77.1 Å². The Hall–Kier alpha value is -1.97. The zero-order valence-corrected chi connectivity index (χ0v) is 18.4. The number of hydrogen-bond donors (Lipinski definition) is 1. The number of nitrogens with one attached hydrogen (secondary N) is 1. The van der Waals surface area contributed by atoms with E-state index in [0.717, 1.165) is 24.2 Å². The number of sulfonamides is 1. The van der Waals surface area contributed by atoms with Crippen LogP contribution in [0, 0.1) is 6.92 Å². The summed E-state index contributed by atoms with van der Waals surface area (Å²) < 4.78 is 44.5. The molecule has 0 bridgehead atoms. The lowest BCUT2D eigenvalue weighted by molar-refractivity contribution is 0.0172. The molecule has 164 valence electrons. The summed E-state index contributed by atoms with van der Waals surface area (Å²) in [6.45, 7) is 6.07. The highest BCUT2D eigenvalue weighted by atomic mass is 32.2. The first-order valence-electron chi connectivity index (χ1n) is 10.1. The summed E-state index contributed by atoms with van der Waals surface area (Å²) >= 11 is 0. The SMILES string of the molecule is COCCOc1ccc(S(=O)(=O)NCC(c2cccc(C)c2)N2CCOCC2)cc1. The van der Waals surface area contributed by atoms with Gasteiger partial charge in [0.25, 0.3) is 0 Å². The van der Waals surface area contributed by atoms with Crippen LogP contribution in [0.25, 0.3) is 0 Å². The van der Waals surface area contributed by atoms with E-state index in [4.69, 9.17) is 14.2 Å². The molecule has 1 unspecified atom stereocenters. The average molecular weight is 435 g/mol. The number of benzene rings is 2. The normalized spacial score (nSPS) is 16.3. The van der Waals surface area contributed by atoms with E-state index in [0.29, 0.717) is 32.2 Å². The summed E-state index contributed by atoms with van der Waals surface area (Å²) in [6.07, 6.45) is 0. The molecule has 30 heavy (non-hydrogen) atoms. The fraction of sp³-hybridized carbons (Fsp3) is 0.455. The number of aryl methyl sites for hydroxylation is 1. The number of rotatable bonds is 10. The van der Waals surface area contributed by atoms with E-state index in [-0.39, 0.29) is 17.5 Å². The Balaban J connectivity index is 1.70. The van der Waals surface area contributed by atoms with Crippen molar-refractivity contribution in [2.75, 3.05) is 53.2 Å². The van der Waals surface area contributed by atoms with Crippen molar-refractivity contribution in [2.24, 2.45) is 0 Å². The molecule has 2 aromatic carbocycles. The molecule has 1 heterocycles. The van der Waals surface area contributed by atoms with Gasteiger partial charge in [0, 0.05) is 32.8 Å². The lowest BCUT2D eigenvalue weighted by Crippen LogP contribution is -2.43. The molecule has 0 saturated carbocycles. The summed E-state index contributed by atoms with van der Waals surface area (Å²) in [6, 6.07) is 14.6. The minimum Gasteiger partial charge on any atom is -0.491 e. The van der Waals surface area contributed by atoms with Crippen LogP contribution in [0.15, 0.2) is 53.4 Å². The van der Waals surface area contributed by atoms with Crippen molar-refractivity contribution in [3.63, 3.8) is 0 Å². The quantitative estimate of drug-likeness (QED) is 0.579. The highest BCUT2D eigenvalue weighted by molar-refractivity contribution is 7.89. The second-order valence-corrected chi connectivity index (χ2v) is 9.01. The molecule has 1 saturated heterocycles. The fourth-order valence-corrected chi connectivity index (χ4v) is 4.49. The van der Waals surface area contributed by atoms with Gasteiger partial charge in [-0.15, -0.1) is 0 Å². The van der Waals surface area contributed by atoms with Gasteiger partial charge in [-0.25, -0.2) is 13.1 Å². The minimum absolute atomic E-state index is 0.0553. The smallest absolute Gasteiger partial charge is 0.240 e. The molecular weight excluding hydrogens is 404 g/mol. The van der Waals surface area contributed by atoms with Gasteiger partial charge in [0.1, 0.15) is 12.4 Å². The maximum atomic E-state index is 12.9. The highest BCUT2D eigenvalue weighted by Gasteiger charge is 2.25. The summed E-state index contributed by atoms with van der Waals surface area (Å²) in [5.41, 5.74) is 2.25. The van der Waals surface area contributed by atoms with Crippen molar-refractivity contribution in [3.8, 4) is 5.75 Å². The molecule has 7 nitrogen and oxygen atoms in total. The number of methoxy groups -OCH3 is 1. The molecule has 8 heteroatoms. The Labute approximate surface area is 179 Å². The summed E-state index contributed by atoms with van der Waals surface area (Å²) in [5, 5.41) is 0. The van der Waals surface area contributed by atoms with Crippen molar-refractivity contribution in [1.82, 2.24) is 9.62 Å². The van der Waals surface area contributed by atoms with E-state index < -0.39 is 10.0 Å². The largest absolute Gasteiger partial charge is 0.491 e. The van der Waals surface area contributed by atoms with E-state index in [2.05, 4.69) is 15.7 Å². The number of ether oxygens (including phenoxy) is 3. The van der Waals surface area contributed by atoms with Crippen molar-refractivity contribution in [1.29, 1.82) is 0 Å². The standard InChI is InChI=1S/C22H30N2O5S/c1-18-4-3-5-19(16-18)22(24-10-12-28-13-11-24)17-23-30(25,26)21-8-6-20(7-9-21)29-15-14-27-2/h3-9,16,22-23H,10-15,17H2,1-2H3. The first-order valence-corrected chi connectivity index (χ1v) is 11.6. The molecule has 0 aromatic heterocycles. The molecule has 1 fully saturated rings. The van der Waals surface area contributed by atoms with Gasteiger partial charge in [0.05, 0.1) is 24.7 Å². The molecule has 1 N–H and O–H groups in total. The lowest BCUT2D eigenvalue weighted by Gasteiger charge is -2.35. The predicted octanol–water partition coefficient (Wildman–Crippen LogP) is 2.37. The Bertz CT molecular complexity index is 896. The third kappa shape index (κ3) is 6.26. The molecule has 0 aliphatic carbocycles. The van der Waals surface area contributed by atoms with Crippen LogP contribution in [0.5, 0.6) is 5.75 Å². The van der Waals surface area contributed by atoms with E-state index in [9.17, 15) is 8.42 Å². The molecule has 0 amide bonds. The zero-order valence-electron chi connectivity index (χ0n) is 17.5. The van der Waals surface area contributed by atoms with Crippen LogP contribution in [-0.4, -0.2) is 66.5 Å². The minimum atomic E-state index is -3.64. The first kappa shape index (κ1) is 22.7. The van der Waals surface area contributed by atoms with E-state index >= 15 is 0 Å². The van der Waals surface area contributed by atoms with Crippen LogP contribution in [-0.2, 0) is 19.5 Å². The Morgan fingerprint density at radius 3 is 2.50 bits per heavy atom. The van der Waals surface area contributed by atoms with E-state index in [1.807, 2.05) is 25.1 Å². The highest BCUT2D eigenvalue weighted by Crippen LogP contribution is 2.23. The summed E-state index contributed by atoms with van der Waals surface area (Å²) in [5.74, 6) is 0.608. The van der Waals surface area contributed by atoms with E-state index in [1.165, 1.54) is 0 Å². The Morgan fingerprint density at radius 2 is 1.83 bits per heavy atom. The van der Waals surface area contributed by atoms with Crippen LogP contribution >= 0.6 is 0 Å². The van der Waals surface area contributed by atoms with Crippen molar-refractivity contribution >= 4 is 10.0 Å². The first-order chi connectivity index (χ1) is 14.5. The molecule has 1 aliphatic rings. The lowest BCUT2D eigenvalue weighted by atomic mass is 10.0. The third-order valence-corrected chi connectivity index (χ3v) is 6.51. The number of morpholine rings is 1. The predicted molar refractivity (Wildman–Crippen MR) is 115 cm³/mol. The summed E-state index contributed by atoms with van der Waals surface area (Å²) in [4.78, 5) is 2.49. The van der Waals surface area contributed by atoms with Gasteiger partial charge in [-0.05, 0) is 36.8 Å². The molecule has 2 aromatic rings. The maximum absolute atomic E-state index is 12.9. The van der Waals surface area contributed by atoms with Gasteiger partial charge in [0.15, 0.2) is 0 Å². The number of nitrogens with zero attached hydrogens (tertiary/aromatic N) is 1. The van der Waals surface area contributed by atoms with Gasteiger partial charge in [-0.1, -0.05) is 29.8 Å².